The van der Waals surface area contributed by atoms with Gasteiger partial charge in [0, 0.05) is 54.6 Å². The molecule has 264 valence electrons. The second-order valence-electron chi connectivity index (χ2n) is 15.7. The van der Waals surface area contributed by atoms with Crippen molar-refractivity contribution >= 4 is 29.2 Å². The lowest BCUT2D eigenvalue weighted by molar-refractivity contribution is -0.171. The zero-order valence-corrected chi connectivity index (χ0v) is 31.3. The number of fused-ring (bicyclic) bond motifs is 1. The number of hydrogen-bond acceptors (Lipinski definition) is 7. The topological polar surface area (TPSA) is 92.2 Å². The van der Waals surface area contributed by atoms with Crippen LogP contribution in [0.15, 0.2) is 36.4 Å². The third kappa shape index (κ3) is 8.47. The van der Waals surface area contributed by atoms with E-state index < -0.39 is 23.6 Å². The van der Waals surface area contributed by atoms with Gasteiger partial charge in [-0.15, -0.1) is 0 Å². The highest BCUT2D eigenvalue weighted by molar-refractivity contribution is 6.31. The van der Waals surface area contributed by atoms with E-state index in [9.17, 15) is 14.7 Å². The van der Waals surface area contributed by atoms with Crippen molar-refractivity contribution in [3.8, 4) is 11.1 Å². The molecule has 0 amide bonds. The zero-order chi connectivity index (χ0) is 35.8. The van der Waals surface area contributed by atoms with Gasteiger partial charge in [0.25, 0.3) is 0 Å². The SMILES string of the molecule is Cc1cccc(Cl)c1CN1CCc2cc(-c3c(C(=O)O)nc(C)c(C(OC(C)(C)C)C(=O)OC(C)C)c3N3CCC(C)(C)CC3)ccc2C1. The van der Waals surface area contributed by atoms with Crippen molar-refractivity contribution in [1.29, 1.82) is 0 Å². The smallest absolute Gasteiger partial charge is 0.355 e. The van der Waals surface area contributed by atoms with E-state index in [4.69, 9.17) is 26.1 Å². The Hall–Kier alpha value is -3.46. The molecule has 3 heterocycles. The van der Waals surface area contributed by atoms with E-state index in [1.54, 1.807) is 6.92 Å². The second kappa shape index (κ2) is 14.4. The van der Waals surface area contributed by atoms with Gasteiger partial charge < -0.3 is 19.5 Å². The number of esters is 1. The summed E-state index contributed by atoms with van der Waals surface area (Å²) in [6, 6.07) is 12.3. The minimum Gasteiger partial charge on any atom is -0.476 e. The Balaban J connectivity index is 1.66. The fraction of sp³-hybridized carbons (Fsp3) is 0.525. The summed E-state index contributed by atoms with van der Waals surface area (Å²) in [5.74, 6) is -1.62. The number of benzene rings is 2. The number of carboxylic acids is 1. The van der Waals surface area contributed by atoms with Crippen LogP contribution >= 0.6 is 11.6 Å². The van der Waals surface area contributed by atoms with E-state index in [1.165, 1.54) is 16.7 Å². The van der Waals surface area contributed by atoms with Gasteiger partial charge in [0.2, 0.25) is 0 Å². The number of carbonyl (C=O) groups is 2. The number of aromatic carboxylic acids is 1. The van der Waals surface area contributed by atoms with Crippen molar-refractivity contribution in [1.82, 2.24) is 9.88 Å². The molecule has 2 aliphatic heterocycles. The van der Waals surface area contributed by atoms with Crippen LogP contribution < -0.4 is 4.90 Å². The fourth-order valence-electron chi connectivity index (χ4n) is 6.97. The Morgan fingerprint density at radius 3 is 2.35 bits per heavy atom. The molecule has 1 saturated heterocycles. The number of rotatable bonds is 9. The number of aromatic nitrogens is 1. The number of piperidine rings is 1. The van der Waals surface area contributed by atoms with Crippen LogP contribution in [-0.4, -0.2) is 58.3 Å². The van der Waals surface area contributed by atoms with Gasteiger partial charge in [-0.25, -0.2) is 14.6 Å². The average molecular weight is 690 g/mol. The highest BCUT2D eigenvalue weighted by Gasteiger charge is 2.39. The summed E-state index contributed by atoms with van der Waals surface area (Å²) in [6.45, 7) is 21.5. The Bertz CT molecular complexity index is 1700. The van der Waals surface area contributed by atoms with Crippen molar-refractivity contribution in [2.75, 3.05) is 24.5 Å². The Labute approximate surface area is 296 Å². The molecule has 0 aliphatic carbocycles. The number of hydrogen-bond donors (Lipinski definition) is 1. The van der Waals surface area contributed by atoms with E-state index in [0.717, 1.165) is 55.0 Å². The number of ether oxygens (including phenoxy) is 2. The summed E-state index contributed by atoms with van der Waals surface area (Å²) < 4.78 is 12.3. The molecule has 49 heavy (non-hydrogen) atoms. The molecule has 1 N–H and O–H groups in total. The molecule has 0 radical (unpaired) electrons. The summed E-state index contributed by atoms with van der Waals surface area (Å²) in [4.78, 5) is 36.2. The first-order valence-electron chi connectivity index (χ1n) is 17.4. The molecule has 8 nitrogen and oxygen atoms in total. The molecule has 9 heteroatoms. The lowest BCUT2D eigenvalue weighted by atomic mass is 9.81. The second-order valence-corrected chi connectivity index (χ2v) is 16.1. The summed E-state index contributed by atoms with van der Waals surface area (Å²) in [6.07, 6.45) is 1.20. The molecule has 3 aromatic rings. The predicted octanol–water partition coefficient (Wildman–Crippen LogP) is 8.71. The van der Waals surface area contributed by atoms with Gasteiger partial charge in [0.15, 0.2) is 11.8 Å². The number of nitrogens with zero attached hydrogens (tertiary/aromatic N) is 3. The van der Waals surface area contributed by atoms with Gasteiger partial charge in [0.1, 0.15) is 0 Å². The summed E-state index contributed by atoms with van der Waals surface area (Å²) in [5.41, 5.74) is 7.12. The van der Waals surface area contributed by atoms with Gasteiger partial charge in [-0.05, 0) is 107 Å². The minimum atomic E-state index is -1.11. The number of pyridine rings is 1. The van der Waals surface area contributed by atoms with Gasteiger partial charge in [0.05, 0.1) is 17.4 Å². The number of anilines is 1. The molecule has 1 unspecified atom stereocenters. The van der Waals surface area contributed by atoms with E-state index in [-0.39, 0.29) is 17.2 Å². The van der Waals surface area contributed by atoms with Gasteiger partial charge >= 0.3 is 11.9 Å². The molecule has 1 fully saturated rings. The van der Waals surface area contributed by atoms with Gasteiger partial charge in [-0.2, -0.15) is 0 Å². The predicted molar refractivity (Wildman–Crippen MR) is 195 cm³/mol. The number of carboxylic acid groups (broad SMARTS) is 1. The first kappa shape index (κ1) is 36.8. The van der Waals surface area contributed by atoms with Crippen LogP contribution in [0.5, 0.6) is 0 Å². The molecule has 0 bridgehead atoms. The van der Waals surface area contributed by atoms with E-state index in [2.05, 4.69) is 48.8 Å². The highest BCUT2D eigenvalue weighted by atomic mass is 35.5. The summed E-state index contributed by atoms with van der Waals surface area (Å²) in [5, 5.41) is 11.4. The molecule has 1 aromatic heterocycles. The lowest BCUT2D eigenvalue weighted by Gasteiger charge is -2.41. The van der Waals surface area contributed by atoms with Crippen LogP contribution in [0.1, 0.15) is 111 Å². The molecule has 1 atom stereocenters. The monoisotopic (exact) mass is 689 g/mol. The third-order valence-electron chi connectivity index (χ3n) is 9.65. The molecular weight excluding hydrogens is 638 g/mol. The maximum Gasteiger partial charge on any atom is 0.355 e. The Morgan fingerprint density at radius 2 is 1.73 bits per heavy atom. The number of aryl methyl sites for hydroxylation is 2. The fourth-order valence-corrected chi connectivity index (χ4v) is 7.25. The zero-order valence-electron chi connectivity index (χ0n) is 30.6. The standard InChI is InChI=1S/C40H52ClN3O5/c1-24(2)48-38(47)36(49-39(5,6)7)32-26(4)42-34(37(45)46)33(35(32)44-19-16-40(8,9)17-20-44)28-13-14-29-22-43(18-15-27(29)21-28)23-30-25(3)11-10-12-31(30)41/h10-14,21,24,36H,15-20,22-23H2,1-9H3,(H,45,46). The number of halogens is 1. The summed E-state index contributed by atoms with van der Waals surface area (Å²) in [7, 11) is 0. The van der Waals surface area contributed by atoms with Crippen LogP contribution in [0, 0.1) is 19.3 Å². The van der Waals surface area contributed by atoms with Crippen molar-refractivity contribution in [2.24, 2.45) is 5.41 Å². The molecule has 0 spiro atoms. The van der Waals surface area contributed by atoms with Crippen LogP contribution in [0.25, 0.3) is 11.1 Å². The lowest BCUT2D eigenvalue weighted by Crippen LogP contribution is -2.40. The quantitative estimate of drug-likeness (QED) is 0.223. The Kier molecular flexibility index (Phi) is 10.8. The highest BCUT2D eigenvalue weighted by Crippen LogP contribution is 2.46. The third-order valence-corrected chi connectivity index (χ3v) is 10.0. The first-order valence-corrected chi connectivity index (χ1v) is 17.8. The minimum absolute atomic E-state index is 0.0283. The van der Waals surface area contributed by atoms with Crippen LogP contribution in [0.4, 0.5) is 5.69 Å². The van der Waals surface area contributed by atoms with Crippen molar-refractivity contribution < 1.29 is 24.2 Å². The molecule has 0 saturated carbocycles. The Morgan fingerprint density at radius 1 is 1.04 bits per heavy atom. The molecule has 5 rings (SSSR count). The number of carbonyl (C=O) groups excluding carboxylic acids is 1. The van der Waals surface area contributed by atoms with E-state index in [1.807, 2.05) is 52.8 Å². The van der Waals surface area contributed by atoms with Crippen molar-refractivity contribution in [3.63, 3.8) is 0 Å². The van der Waals surface area contributed by atoms with Crippen molar-refractivity contribution in [2.45, 2.75) is 112 Å². The van der Waals surface area contributed by atoms with Crippen LogP contribution in [-0.2, 0) is 33.8 Å². The molecule has 2 aliphatic rings. The van der Waals surface area contributed by atoms with Gasteiger partial charge in [-0.1, -0.05) is 55.8 Å². The maximum absolute atomic E-state index is 13.9. The van der Waals surface area contributed by atoms with Gasteiger partial charge in [-0.3, -0.25) is 4.90 Å². The normalized spacial score (nSPS) is 17.2. The van der Waals surface area contributed by atoms with Crippen LogP contribution in [0.2, 0.25) is 5.02 Å². The van der Waals surface area contributed by atoms with Crippen LogP contribution in [0.3, 0.4) is 0 Å². The molecule has 2 aromatic carbocycles. The van der Waals surface area contributed by atoms with E-state index >= 15 is 0 Å². The van der Waals surface area contributed by atoms with E-state index in [0.29, 0.717) is 35.6 Å². The first-order chi connectivity index (χ1) is 22.9. The average Bonchev–Trinajstić information content (AvgIpc) is 3.00. The molecular formula is C40H52ClN3O5. The maximum atomic E-state index is 13.9. The summed E-state index contributed by atoms with van der Waals surface area (Å²) >= 11 is 6.58. The van der Waals surface area contributed by atoms with Crippen molar-refractivity contribution in [3.05, 3.63) is 80.6 Å². The largest absolute Gasteiger partial charge is 0.476 e.